The number of likely N-dealkylation sites (N-methyl/N-ethyl adjacent to an activating group) is 1. The first kappa shape index (κ1) is 39.2. The van der Waals surface area contributed by atoms with Crippen LogP contribution in [0.25, 0.3) is 0 Å². The molecular formula is C36H40F3N3O8S. The van der Waals surface area contributed by atoms with Crippen molar-refractivity contribution in [1.29, 1.82) is 0 Å². The van der Waals surface area contributed by atoms with Crippen molar-refractivity contribution in [2.75, 3.05) is 20.7 Å². The first-order valence-electron chi connectivity index (χ1n) is 15.9. The van der Waals surface area contributed by atoms with Crippen molar-refractivity contribution in [2.24, 2.45) is 11.8 Å². The van der Waals surface area contributed by atoms with Crippen LogP contribution < -0.4 is 5.32 Å². The number of fused-ring (bicyclic) bond motifs is 1. The van der Waals surface area contributed by atoms with E-state index in [-0.39, 0.29) is 29.8 Å². The van der Waals surface area contributed by atoms with Gasteiger partial charge in [-0.1, -0.05) is 93.6 Å². The topological polar surface area (TPSA) is 150 Å². The minimum Gasteiger partial charge on any atom is -0.475 e. The summed E-state index contributed by atoms with van der Waals surface area (Å²) in [6, 6.07) is 24.3. The van der Waals surface area contributed by atoms with E-state index in [9.17, 15) is 36.0 Å². The van der Waals surface area contributed by atoms with Crippen LogP contribution in [0.2, 0.25) is 0 Å². The lowest BCUT2D eigenvalue weighted by Gasteiger charge is -2.33. The number of aliphatic carboxylic acids is 1. The molecular weight excluding hydrogens is 691 g/mol. The molecule has 0 saturated carbocycles. The average Bonchev–Trinajstić information content (AvgIpc) is 3.53. The average molecular weight is 732 g/mol. The second kappa shape index (κ2) is 14.9. The number of benzene rings is 3. The normalized spacial score (nSPS) is 22.0. The highest BCUT2D eigenvalue weighted by Crippen LogP contribution is 2.46. The van der Waals surface area contributed by atoms with E-state index in [1.165, 1.54) is 23.4 Å². The minimum absolute atomic E-state index is 0.0507. The molecule has 5 rings (SSSR count). The third-order valence-electron chi connectivity index (χ3n) is 9.03. The summed E-state index contributed by atoms with van der Waals surface area (Å²) in [5, 5.41) is 10.4. The van der Waals surface area contributed by atoms with Crippen molar-refractivity contribution in [3.63, 3.8) is 0 Å². The van der Waals surface area contributed by atoms with E-state index in [1.807, 2.05) is 60.7 Å². The molecule has 2 N–H and O–H groups in total. The number of carbonyl (C=O) groups excluding carboxylic acids is 3. The SMILES string of the molecule is COC(=O)[C@]1(Cc2ccccc2)N[C@H](CN(C)S(=O)(=O)c2ccc(C(C)(C)C)cc2)[C@@H]2C(=O)N(Cc3ccccc3)C(=O)[C@@H]21.O=C(O)C(F)(F)F. The van der Waals surface area contributed by atoms with Crippen LogP contribution in [0.1, 0.15) is 37.5 Å². The van der Waals surface area contributed by atoms with Gasteiger partial charge in [0.05, 0.1) is 30.4 Å². The molecule has 0 radical (unpaired) electrons. The van der Waals surface area contributed by atoms with Crippen molar-refractivity contribution >= 4 is 33.8 Å². The van der Waals surface area contributed by atoms with Crippen LogP contribution in [0, 0.1) is 11.8 Å². The summed E-state index contributed by atoms with van der Waals surface area (Å²) in [4.78, 5) is 52.0. The number of nitrogens with zero attached hydrogens (tertiary/aromatic N) is 2. The summed E-state index contributed by atoms with van der Waals surface area (Å²) in [6.45, 7) is 6.06. The lowest BCUT2D eigenvalue weighted by molar-refractivity contribution is -0.192. The van der Waals surface area contributed by atoms with Crippen molar-refractivity contribution in [2.45, 2.75) is 61.8 Å². The van der Waals surface area contributed by atoms with Gasteiger partial charge >= 0.3 is 18.1 Å². The fourth-order valence-corrected chi connectivity index (χ4v) is 7.66. The Labute approximate surface area is 294 Å². The Morgan fingerprint density at radius 3 is 1.88 bits per heavy atom. The zero-order chi connectivity index (χ0) is 37.9. The second-order valence-corrected chi connectivity index (χ2v) is 15.5. The number of hydrogen-bond acceptors (Lipinski definition) is 8. The van der Waals surface area contributed by atoms with E-state index in [4.69, 9.17) is 14.6 Å². The molecule has 0 unspecified atom stereocenters. The zero-order valence-electron chi connectivity index (χ0n) is 28.7. The number of alkyl halides is 3. The van der Waals surface area contributed by atoms with Crippen LogP contribution in [-0.2, 0) is 52.3 Å². The Balaban J connectivity index is 0.000000755. The van der Waals surface area contributed by atoms with Gasteiger partial charge in [-0.05, 0) is 34.2 Å². The summed E-state index contributed by atoms with van der Waals surface area (Å²) in [7, 11) is -1.27. The van der Waals surface area contributed by atoms with Gasteiger partial charge in [0.25, 0.3) is 0 Å². The lowest BCUT2D eigenvalue weighted by Crippen LogP contribution is -2.59. The highest BCUT2D eigenvalue weighted by molar-refractivity contribution is 7.89. The first-order valence-corrected chi connectivity index (χ1v) is 17.3. The summed E-state index contributed by atoms with van der Waals surface area (Å²) in [6.07, 6.45) is -5.00. The molecule has 3 aromatic carbocycles. The molecule has 2 amide bonds. The van der Waals surface area contributed by atoms with Gasteiger partial charge in [-0.25, -0.2) is 13.2 Å². The van der Waals surface area contributed by atoms with Crippen molar-refractivity contribution in [3.05, 3.63) is 102 Å². The van der Waals surface area contributed by atoms with Crippen molar-refractivity contribution < 1.29 is 50.6 Å². The number of esters is 1. The van der Waals surface area contributed by atoms with Gasteiger partial charge in [0.15, 0.2) is 0 Å². The molecule has 2 aliphatic heterocycles. The molecule has 15 heteroatoms. The first-order chi connectivity index (χ1) is 23.7. The molecule has 11 nitrogen and oxygen atoms in total. The fourth-order valence-electron chi connectivity index (χ4n) is 6.47. The number of likely N-dealkylation sites (tertiary alicyclic amines) is 1. The molecule has 51 heavy (non-hydrogen) atoms. The second-order valence-electron chi connectivity index (χ2n) is 13.5. The number of hydrogen-bond donors (Lipinski definition) is 2. The number of ether oxygens (including phenoxy) is 1. The molecule has 3 aromatic rings. The quantitative estimate of drug-likeness (QED) is 0.244. The number of carboxylic acids is 1. The maximum Gasteiger partial charge on any atom is 0.490 e. The fraction of sp³-hybridized carbons (Fsp3) is 0.389. The van der Waals surface area contributed by atoms with Gasteiger partial charge in [-0.15, -0.1) is 0 Å². The van der Waals surface area contributed by atoms with E-state index in [2.05, 4.69) is 26.1 Å². The molecule has 0 bridgehead atoms. The lowest BCUT2D eigenvalue weighted by atomic mass is 9.76. The molecule has 2 fully saturated rings. The van der Waals surface area contributed by atoms with Gasteiger partial charge in [-0.3, -0.25) is 24.6 Å². The third-order valence-corrected chi connectivity index (χ3v) is 10.9. The van der Waals surface area contributed by atoms with Gasteiger partial charge in [0.2, 0.25) is 21.8 Å². The van der Waals surface area contributed by atoms with Crippen LogP contribution >= 0.6 is 0 Å². The summed E-state index contributed by atoms with van der Waals surface area (Å²) in [5.74, 6) is -6.42. The summed E-state index contributed by atoms with van der Waals surface area (Å²) in [5.41, 5.74) is 0.809. The standard InChI is InChI=1S/C34H39N3O6S.C2HF3O2/c1-33(2,3)25-16-18-26(19-17-25)44(41,42)36(4)22-27-28-29(31(39)37(30(28)38)21-24-14-10-7-11-15-24)34(35-27,32(40)43-5)20-23-12-8-6-9-13-23;3-2(4,5)1(6)7/h6-19,27-29,35H,20-22H2,1-5H3;(H,6,7)/t27-,28+,29-,34-;/m1./s1. The predicted molar refractivity (Wildman–Crippen MR) is 179 cm³/mol. The van der Waals surface area contributed by atoms with Crippen molar-refractivity contribution in [1.82, 2.24) is 14.5 Å². The van der Waals surface area contributed by atoms with Crippen LogP contribution in [0.3, 0.4) is 0 Å². The molecule has 0 aliphatic carbocycles. The smallest absolute Gasteiger partial charge is 0.475 e. The van der Waals surface area contributed by atoms with Crippen LogP contribution in [0.5, 0.6) is 0 Å². The number of rotatable bonds is 9. The van der Waals surface area contributed by atoms with Crippen LogP contribution in [0.4, 0.5) is 13.2 Å². The minimum atomic E-state index is -5.08. The molecule has 2 heterocycles. The molecule has 0 aromatic heterocycles. The number of amides is 2. The van der Waals surface area contributed by atoms with Crippen LogP contribution in [-0.4, -0.2) is 84.9 Å². The van der Waals surface area contributed by atoms with E-state index in [0.717, 1.165) is 16.7 Å². The number of sulfonamides is 1. The Morgan fingerprint density at radius 2 is 1.41 bits per heavy atom. The molecule has 2 saturated heterocycles. The maximum absolute atomic E-state index is 14.1. The monoisotopic (exact) mass is 731 g/mol. The zero-order valence-corrected chi connectivity index (χ0v) is 29.5. The highest BCUT2D eigenvalue weighted by atomic mass is 32.2. The Hall–Kier alpha value is -4.60. The molecule has 0 spiro atoms. The highest BCUT2D eigenvalue weighted by Gasteiger charge is 2.68. The van der Waals surface area contributed by atoms with Gasteiger partial charge in [0.1, 0.15) is 5.54 Å². The molecule has 2 aliphatic rings. The van der Waals surface area contributed by atoms with Gasteiger partial charge in [-0.2, -0.15) is 17.5 Å². The van der Waals surface area contributed by atoms with E-state index >= 15 is 0 Å². The van der Waals surface area contributed by atoms with Crippen molar-refractivity contribution in [3.8, 4) is 0 Å². The van der Waals surface area contributed by atoms with Crippen LogP contribution in [0.15, 0.2) is 89.8 Å². The number of carbonyl (C=O) groups is 4. The van der Waals surface area contributed by atoms with Gasteiger partial charge in [0, 0.05) is 26.1 Å². The maximum atomic E-state index is 14.1. The number of carboxylic acid groups (broad SMARTS) is 1. The largest absolute Gasteiger partial charge is 0.490 e. The van der Waals surface area contributed by atoms with E-state index < -0.39 is 63.4 Å². The third kappa shape index (κ3) is 8.32. The number of halogens is 3. The summed E-state index contributed by atoms with van der Waals surface area (Å²) < 4.78 is 65.6. The Morgan fingerprint density at radius 1 is 0.902 bits per heavy atom. The summed E-state index contributed by atoms with van der Waals surface area (Å²) >= 11 is 0. The predicted octanol–water partition coefficient (Wildman–Crippen LogP) is 4.17. The van der Waals surface area contributed by atoms with E-state index in [0.29, 0.717) is 0 Å². The number of imide groups is 1. The Bertz CT molecular complexity index is 1850. The molecule has 4 atom stereocenters. The van der Waals surface area contributed by atoms with E-state index in [1.54, 1.807) is 24.3 Å². The Kier molecular flexibility index (Phi) is 11.5. The van der Waals surface area contributed by atoms with Gasteiger partial charge < -0.3 is 9.84 Å². The molecule has 274 valence electrons. The number of nitrogens with one attached hydrogen (secondary N) is 1. The number of methoxy groups -OCH3 is 1.